The SMILES string of the molecule is CN(C)c1ccncc1C=CC#N. The van der Waals surface area contributed by atoms with Crippen molar-refractivity contribution in [2.24, 2.45) is 0 Å². The van der Waals surface area contributed by atoms with Gasteiger partial charge >= 0.3 is 0 Å². The minimum absolute atomic E-state index is 0.953. The third kappa shape index (κ3) is 2.31. The van der Waals surface area contributed by atoms with E-state index in [0.717, 1.165) is 11.3 Å². The summed E-state index contributed by atoms with van der Waals surface area (Å²) >= 11 is 0. The van der Waals surface area contributed by atoms with Crippen LogP contribution in [0.3, 0.4) is 0 Å². The third-order valence-electron chi connectivity index (χ3n) is 1.65. The van der Waals surface area contributed by atoms with E-state index < -0.39 is 0 Å². The van der Waals surface area contributed by atoms with E-state index in [2.05, 4.69) is 4.98 Å². The highest BCUT2D eigenvalue weighted by atomic mass is 15.1. The van der Waals surface area contributed by atoms with Crippen molar-refractivity contribution in [2.75, 3.05) is 19.0 Å². The Hall–Kier alpha value is -1.82. The number of hydrogen-bond acceptors (Lipinski definition) is 3. The fraction of sp³-hybridized carbons (Fsp3) is 0.200. The highest BCUT2D eigenvalue weighted by molar-refractivity contribution is 5.66. The van der Waals surface area contributed by atoms with Gasteiger partial charge in [0, 0.05) is 43.8 Å². The maximum absolute atomic E-state index is 8.39. The first-order valence-corrected chi connectivity index (χ1v) is 3.93. The minimum atomic E-state index is 0.953. The predicted octanol–water partition coefficient (Wildman–Crippen LogP) is 1.68. The lowest BCUT2D eigenvalue weighted by atomic mass is 10.2. The van der Waals surface area contributed by atoms with Crippen molar-refractivity contribution in [1.82, 2.24) is 4.98 Å². The van der Waals surface area contributed by atoms with Crippen LogP contribution in [0.4, 0.5) is 5.69 Å². The average Bonchev–Trinajstić information content (AvgIpc) is 2.15. The second kappa shape index (κ2) is 4.27. The van der Waals surface area contributed by atoms with Crippen LogP contribution in [0.15, 0.2) is 24.5 Å². The van der Waals surface area contributed by atoms with Crippen LogP contribution in [0.2, 0.25) is 0 Å². The van der Waals surface area contributed by atoms with E-state index in [1.54, 1.807) is 18.5 Å². The Kier molecular flexibility index (Phi) is 3.04. The predicted molar refractivity (Wildman–Crippen MR) is 53.2 cm³/mol. The molecule has 0 N–H and O–H groups in total. The molecule has 0 spiro atoms. The lowest BCUT2D eigenvalue weighted by molar-refractivity contribution is 1.11. The zero-order chi connectivity index (χ0) is 9.68. The summed E-state index contributed by atoms with van der Waals surface area (Å²) in [6, 6.07) is 3.87. The normalized spacial score (nSPS) is 9.92. The van der Waals surface area contributed by atoms with E-state index in [1.165, 1.54) is 6.08 Å². The number of nitrogens with zero attached hydrogens (tertiary/aromatic N) is 3. The second-order valence-electron chi connectivity index (χ2n) is 2.79. The minimum Gasteiger partial charge on any atom is -0.377 e. The van der Waals surface area contributed by atoms with Gasteiger partial charge in [0.1, 0.15) is 0 Å². The van der Waals surface area contributed by atoms with Gasteiger partial charge in [-0.05, 0) is 12.1 Å². The lowest BCUT2D eigenvalue weighted by Gasteiger charge is -2.14. The fourth-order valence-corrected chi connectivity index (χ4v) is 1.06. The second-order valence-corrected chi connectivity index (χ2v) is 2.79. The van der Waals surface area contributed by atoms with E-state index in [-0.39, 0.29) is 0 Å². The molecule has 0 saturated heterocycles. The molecule has 0 radical (unpaired) electrons. The molecule has 0 amide bonds. The molecule has 3 nitrogen and oxygen atoms in total. The highest BCUT2D eigenvalue weighted by Gasteiger charge is 1.99. The van der Waals surface area contributed by atoms with Crippen LogP contribution in [0, 0.1) is 11.3 Å². The number of pyridine rings is 1. The van der Waals surface area contributed by atoms with Crippen LogP contribution in [0.5, 0.6) is 0 Å². The summed E-state index contributed by atoms with van der Waals surface area (Å²) in [7, 11) is 3.91. The number of rotatable bonds is 2. The standard InChI is InChI=1S/C10H11N3/c1-13(2)10-5-7-12-8-9(10)4-3-6-11/h3-5,7-8H,1-2H3. The monoisotopic (exact) mass is 173 g/mol. The molecular formula is C10H11N3. The number of anilines is 1. The first-order valence-electron chi connectivity index (χ1n) is 3.93. The van der Waals surface area contributed by atoms with Crippen LogP contribution < -0.4 is 4.90 Å². The molecular weight excluding hydrogens is 162 g/mol. The van der Waals surface area contributed by atoms with Gasteiger partial charge < -0.3 is 4.90 Å². The first-order chi connectivity index (χ1) is 6.25. The van der Waals surface area contributed by atoms with Gasteiger partial charge in [-0.15, -0.1) is 0 Å². The summed E-state index contributed by atoms with van der Waals surface area (Å²) in [4.78, 5) is 5.98. The molecule has 0 bridgehead atoms. The molecule has 3 heteroatoms. The summed E-state index contributed by atoms with van der Waals surface area (Å²) in [5.41, 5.74) is 2.01. The van der Waals surface area contributed by atoms with Gasteiger partial charge in [0.25, 0.3) is 0 Å². The molecule has 66 valence electrons. The zero-order valence-corrected chi connectivity index (χ0v) is 7.73. The third-order valence-corrected chi connectivity index (χ3v) is 1.65. The Balaban J connectivity index is 3.06. The number of allylic oxidation sites excluding steroid dienone is 1. The molecule has 0 aliphatic rings. The molecule has 1 aromatic rings. The molecule has 0 aliphatic heterocycles. The maximum Gasteiger partial charge on any atom is 0.0912 e. The first kappa shape index (κ1) is 9.27. The maximum atomic E-state index is 8.39. The molecule has 1 rings (SSSR count). The van der Waals surface area contributed by atoms with Crippen molar-refractivity contribution >= 4 is 11.8 Å². The molecule has 0 aromatic carbocycles. The van der Waals surface area contributed by atoms with Crippen molar-refractivity contribution in [1.29, 1.82) is 5.26 Å². The van der Waals surface area contributed by atoms with Crippen LogP contribution in [0.1, 0.15) is 5.56 Å². The Morgan fingerprint density at radius 3 is 2.92 bits per heavy atom. The number of aromatic nitrogens is 1. The van der Waals surface area contributed by atoms with Crippen molar-refractivity contribution < 1.29 is 0 Å². The Bertz CT molecular complexity index is 347. The summed E-state index contributed by atoms with van der Waals surface area (Å²) in [6.07, 6.45) is 6.68. The molecule has 1 heterocycles. The van der Waals surface area contributed by atoms with Crippen molar-refractivity contribution in [3.63, 3.8) is 0 Å². The van der Waals surface area contributed by atoms with E-state index in [0.29, 0.717) is 0 Å². The van der Waals surface area contributed by atoms with Gasteiger partial charge in [0.05, 0.1) is 6.07 Å². The summed E-state index contributed by atoms with van der Waals surface area (Å²) in [6.45, 7) is 0. The fourth-order valence-electron chi connectivity index (χ4n) is 1.06. The summed E-state index contributed by atoms with van der Waals surface area (Å²) in [5.74, 6) is 0. The molecule has 0 unspecified atom stereocenters. The smallest absolute Gasteiger partial charge is 0.0912 e. The van der Waals surface area contributed by atoms with Crippen molar-refractivity contribution in [2.45, 2.75) is 0 Å². The number of hydrogen-bond donors (Lipinski definition) is 0. The van der Waals surface area contributed by atoms with Crippen LogP contribution in [0.25, 0.3) is 6.08 Å². The van der Waals surface area contributed by atoms with Crippen LogP contribution in [-0.4, -0.2) is 19.1 Å². The van der Waals surface area contributed by atoms with Crippen molar-refractivity contribution in [3.05, 3.63) is 30.1 Å². The summed E-state index contributed by atoms with van der Waals surface area (Å²) < 4.78 is 0. The topological polar surface area (TPSA) is 39.9 Å². The van der Waals surface area contributed by atoms with Gasteiger partial charge in [-0.1, -0.05) is 0 Å². The van der Waals surface area contributed by atoms with E-state index in [4.69, 9.17) is 5.26 Å². The van der Waals surface area contributed by atoms with E-state index in [1.807, 2.05) is 31.1 Å². The molecule has 0 saturated carbocycles. The van der Waals surface area contributed by atoms with Gasteiger partial charge in [-0.2, -0.15) is 5.26 Å². The molecule has 13 heavy (non-hydrogen) atoms. The quantitative estimate of drug-likeness (QED) is 0.639. The average molecular weight is 173 g/mol. The van der Waals surface area contributed by atoms with Crippen molar-refractivity contribution in [3.8, 4) is 6.07 Å². The zero-order valence-electron chi connectivity index (χ0n) is 7.73. The molecule has 1 aromatic heterocycles. The molecule has 0 aliphatic carbocycles. The van der Waals surface area contributed by atoms with Gasteiger partial charge in [0.2, 0.25) is 0 Å². The highest BCUT2D eigenvalue weighted by Crippen LogP contribution is 2.17. The largest absolute Gasteiger partial charge is 0.377 e. The van der Waals surface area contributed by atoms with Crippen LogP contribution >= 0.6 is 0 Å². The Labute approximate surface area is 77.9 Å². The van der Waals surface area contributed by atoms with E-state index >= 15 is 0 Å². The lowest BCUT2D eigenvalue weighted by Crippen LogP contribution is -2.10. The molecule has 0 fully saturated rings. The number of nitriles is 1. The Morgan fingerprint density at radius 1 is 1.54 bits per heavy atom. The molecule has 0 atom stereocenters. The van der Waals surface area contributed by atoms with Gasteiger partial charge in [-0.25, -0.2) is 0 Å². The van der Waals surface area contributed by atoms with Gasteiger partial charge in [-0.3, -0.25) is 4.98 Å². The van der Waals surface area contributed by atoms with Crippen LogP contribution in [-0.2, 0) is 0 Å². The van der Waals surface area contributed by atoms with Gasteiger partial charge in [0.15, 0.2) is 0 Å². The van der Waals surface area contributed by atoms with E-state index in [9.17, 15) is 0 Å². The Morgan fingerprint density at radius 2 is 2.31 bits per heavy atom. The summed E-state index contributed by atoms with van der Waals surface area (Å²) in [5, 5.41) is 8.39.